The molecule has 3 heteroatoms. The van der Waals surface area contributed by atoms with Crippen LogP contribution in [-0.4, -0.2) is 11.1 Å². The molecule has 0 spiro atoms. The van der Waals surface area contributed by atoms with Crippen LogP contribution in [0.4, 0.5) is 0 Å². The molecule has 0 amide bonds. The van der Waals surface area contributed by atoms with E-state index in [1.165, 1.54) is 12.1 Å². The zero-order valence-electron chi connectivity index (χ0n) is 4.97. The number of benzene rings is 1. The van der Waals surface area contributed by atoms with Crippen LogP contribution in [0.1, 0.15) is 10.4 Å². The maximum absolute atomic E-state index is 10.3. The third-order valence-corrected chi connectivity index (χ3v) is 1.46. The predicted molar refractivity (Wildman–Crippen MR) is 39.9 cm³/mol. The second-order valence-corrected chi connectivity index (χ2v) is 2.66. The fourth-order valence-electron chi connectivity index (χ4n) is 0.566. The molecule has 0 aliphatic rings. The highest BCUT2D eigenvalue weighted by atomic mass is 79.9. The van der Waals surface area contributed by atoms with Crippen LogP contribution < -0.4 is 0 Å². The van der Waals surface area contributed by atoms with Crippen molar-refractivity contribution in [3.8, 4) is 0 Å². The maximum Gasteiger partial charge on any atom is 0.335 e. The molecule has 2 nitrogen and oxygen atoms in total. The molecule has 1 aromatic carbocycles. The van der Waals surface area contributed by atoms with Crippen molar-refractivity contribution >= 4 is 21.9 Å². The van der Waals surface area contributed by atoms with E-state index in [0.29, 0.717) is 0 Å². The monoisotopic (exact) mass is 199 g/mol. The minimum Gasteiger partial charge on any atom is -0.478 e. The summed E-state index contributed by atoms with van der Waals surface area (Å²) in [5.74, 6) is -0.933. The maximum atomic E-state index is 10.3. The highest BCUT2D eigenvalue weighted by Crippen LogP contribution is 2.10. The molecule has 0 atom stereocenters. The first-order chi connectivity index (χ1) is 4.70. The normalized spacial score (nSPS) is 9.30. The Kier molecular flexibility index (Phi) is 2.06. The summed E-state index contributed by atoms with van der Waals surface area (Å²) >= 11 is 3.14. The number of carboxylic acid groups (broad SMARTS) is 1. The van der Waals surface area contributed by atoms with Gasteiger partial charge in [0, 0.05) is 4.47 Å². The number of carboxylic acids is 1. The van der Waals surface area contributed by atoms with Gasteiger partial charge in [-0.2, -0.15) is 0 Å². The van der Waals surface area contributed by atoms with Gasteiger partial charge in [-0.25, -0.2) is 4.79 Å². The number of hydrogen-bond donors (Lipinski definition) is 1. The molecule has 0 aromatic heterocycles. The zero-order valence-corrected chi connectivity index (χ0v) is 6.55. The number of aromatic carboxylic acids is 1. The molecule has 0 unspecified atom stereocenters. The molecule has 0 saturated carbocycles. The fourth-order valence-corrected chi connectivity index (χ4v) is 0.945. The van der Waals surface area contributed by atoms with E-state index < -0.39 is 5.97 Å². The molecular weight excluding hydrogens is 196 g/mol. The van der Waals surface area contributed by atoms with Crippen molar-refractivity contribution in [3.63, 3.8) is 0 Å². The molecule has 1 N–H and O–H groups in total. The van der Waals surface area contributed by atoms with E-state index in [1.807, 2.05) is 0 Å². The largest absolute Gasteiger partial charge is 0.478 e. The van der Waals surface area contributed by atoms with Crippen molar-refractivity contribution in [1.29, 1.82) is 0 Å². The van der Waals surface area contributed by atoms with Gasteiger partial charge in [-0.3, -0.25) is 0 Å². The summed E-state index contributed by atoms with van der Waals surface area (Å²) in [7, 11) is 0. The van der Waals surface area contributed by atoms with Crippen molar-refractivity contribution < 1.29 is 9.90 Å². The summed E-state index contributed by atoms with van der Waals surface area (Å²) in [6, 6.07) is 7.29. The Balaban J connectivity index is 3.07. The van der Waals surface area contributed by atoms with Crippen LogP contribution in [0.5, 0.6) is 0 Å². The van der Waals surface area contributed by atoms with E-state index in [9.17, 15) is 4.79 Å². The Bertz CT molecular complexity index is 258. The number of hydrogen-bond acceptors (Lipinski definition) is 1. The summed E-state index contributed by atoms with van der Waals surface area (Å²) in [5.41, 5.74) is 0.245. The number of rotatable bonds is 1. The molecule has 1 rings (SSSR count). The average molecular weight is 200 g/mol. The molecule has 10 heavy (non-hydrogen) atoms. The quantitative estimate of drug-likeness (QED) is 0.751. The van der Waals surface area contributed by atoms with Gasteiger partial charge >= 0.3 is 5.97 Å². The summed E-state index contributed by atoms with van der Waals surface area (Å²) in [5, 5.41) is 8.47. The van der Waals surface area contributed by atoms with Crippen LogP contribution in [0, 0.1) is 6.07 Å². The Morgan fingerprint density at radius 1 is 1.60 bits per heavy atom. The molecule has 0 fully saturated rings. The zero-order chi connectivity index (χ0) is 7.56. The molecular formula is C7H4BrO2. The summed E-state index contributed by atoms with van der Waals surface area (Å²) in [6.07, 6.45) is 0. The van der Waals surface area contributed by atoms with E-state index in [4.69, 9.17) is 5.11 Å². The van der Waals surface area contributed by atoms with Crippen LogP contribution in [0.2, 0.25) is 0 Å². The Morgan fingerprint density at radius 2 is 2.30 bits per heavy atom. The van der Waals surface area contributed by atoms with Crippen LogP contribution >= 0.6 is 15.9 Å². The van der Waals surface area contributed by atoms with Crippen LogP contribution in [0.25, 0.3) is 0 Å². The van der Waals surface area contributed by atoms with Gasteiger partial charge in [-0.15, -0.1) is 0 Å². The lowest BCUT2D eigenvalue weighted by molar-refractivity contribution is 0.0697. The lowest BCUT2D eigenvalue weighted by Gasteiger charge is -1.91. The third kappa shape index (κ3) is 1.57. The molecule has 1 aromatic rings. The van der Waals surface area contributed by atoms with Gasteiger partial charge in [0.25, 0.3) is 0 Å². The summed E-state index contributed by atoms with van der Waals surface area (Å²) in [4.78, 5) is 10.3. The predicted octanol–water partition coefficient (Wildman–Crippen LogP) is 1.95. The lowest BCUT2D eigenvalue weighted by Crippen LogP contribution is -1.94. The van der Waals surface area contributed by atoms with Gasteiger partial charge in [-0.1, -0.05) is 15.9 Å². The molecule has 0 aliphatic heterocycles. The Labute approximate surface area is 66.6 Å². The van der Waals surface area contributed by atoms with E-state index in [-0.39, 0.29) is 5.56 Å². The number of carbonyl (C=O) groups is 1. The molecule has 51 valence electrons. The minimum atomic E-state index is -0.933. The molecule has 0 bridgehead atoms. The van der Waals surface area contributed by atoms with Gasteiger partial charge in [0.15, 0.2) is 0 Å². The smallest absolute Gasteiger partial charge is 0.335 e. The SMILES string of the molecule is O=C(O)c1c[c]cc(Br)c1. The minimum absolute atomic E-state index is 0.245. The molecule has 0 saturated heterocycles. The van der Waals surface area contributed by atoms with Crippen molar-refractivity contribution in [2.24, 2.45) is 0 Å². The third-order valence-electron chi connectivity index (χ3n) is 1.00. The van der Waals surface area contributed by atoms with Gasteiger partial charge in [0.05, 0.1) is 5.56 Å². The number of halogens is 1. The summed E-state index contributed by atoms with van der Waals surface area (Å²) < 4.78 is 0.729. The Hall–Kier alpha value is -0.830. The highest BCUT2D eigenvalue weighted by Gasteiger charge is 2.00. The molecule has 0 heterocycles. The van der Waals surface area contributed by atoms with Gasteiger partial charge in [0.2, 0.25) is 0 Å². The van der Waals surface area contributed by atoms with Gasteiger partial charge < -0.3 is 5.11 Å². The first-order valence-electron chi connectivity index (χ1n) is 2.60. The van der Waals surface area contributed by atoms with Gasteiger partial charge in [-0.05, 0) is 24.3 Å². The van der Waals surface area contributed by atoms with Crippen LogP contribution in [-0.2, 0) is 0 Å². The average Bonchev–Trinajstić information content (AvgIpc) is 1.88. The topological polar surface area (TPSA) is 37.3 Å². The van der Waals surface area contributed by atoms with E-state index in [0.717, 1.165) is 4.47 Å². The fraction of sp³-hybridized carbons (Fsp3) is 0. The first-order valence-corrected chi connectivity index (χ1v) is 3.39. The van der Waals surface area contributed by atoms with Crippen LogP contribution in [0.15, 0.2) is 22.7 Å². The molecule has 1 radical (unpaired) electrons. The second kappa shape index (κ2) is 2.84. The molecule has 0 aliphatic carbocycles. The Morgan fingerprint density at radius 3 is 2.70 bits per heavy atom. The summed E-state index contributed by atoms with van der Waals surface area (Å²) in [6.45, 7) is 0. The first kappa shape index (κ1) is 7.28. The van der Waals surface area contributed by atoms with E-state index in [2.05, 4.69) is 22.0 Å². The van der Waals surface area contributed by atoms with E-state index >= 15 is 0 Å². The van der Waals surface area contributed by atoms with Crippen molar-refractivity contribution in [2.45, 2.75) is 0 Å². The van der Waals surface area contributed by atoms with Crippen LogP contribution in [0.3, 0.4) is 0 Å². The standard InChI is InChI=1S/C7H4BrO2/c8-6-3-1-2-5(4-6)7(9)10/h2-4H,(H,9,10). The van der Waals surface area contributed by atoms with Crippen molar-refractivity contribution in [1.82, 2.24) is 0 Å². The van der Waals surface area contributed by atoms with Crippen molar-refractivity contribution in [2.75, 3.05) is 0 Å². The highest BCUT2D eigenvalue weighted by molar-refractivity contribution is 9.10. The van der Waals surface area contributed by atoms with Gasteiger partial charge in [0.1, 0.15) is 0 Å². The lowest BCUT2D eigenvalue weighted by atomic mass is 10.2. The van der Waals surface area contributed by atoms with E-state index in [1.54, 1.807) is 6.07 Å². The van der Waals surface area contributed by atoms with Crippen molar-refractivity contribution in [3.05, 3.63) is 34.3 Å². The second-order valence-electron chi connectivity index (χ2n) is 1.75.